The highest BCUT2D eigenvalue weighted by atomic mass is 32.2. The normalized spacial score (nSPS) is 11.4. The van der Waals surface area contributed by atoms with E-state index in [0.717, 1.165) is 11.0 Å². The lowest BCUT2D eigenvalue weighted by atomic mass is 10.2. The summed E-state index contributed by atoms with van der Waals surface area (Å²) in [6, 6.07) is 0.280. The van der Waals surface area contributed by atoms with E-state index in [-0.39, 0.29) is 17.7 Å². The van der Waals surface area contributed by atoms with Crippen LogP contribution in [0.25, 0.3) is 0 Å². The average Bonchev–Trinajstić information content (AvgIpc) is 2.57. The van der Waals surface area contributed by atoms with Crippen LogP contribution in [0.1, 0.15) is 45.5 Å². The van der Waals surface area contributed by atoms with Crippen LogP contribution >= 0.6 is 11.8 Å². The van der Waals surface area contributed by atoms with Crippen LogP contribution in [0.5, 0.6) is 0 Å². The molecule has 0 unspecified atom stereocenters. The number of nitrogens with zero attached hydrogens (tertiary/aromatic N) is 3. The van der Waals surface area contributed by atoms with Crippen LogP contribution in [0.3, 0.4) is 0 Å². The molecule has 1 heterocycles. The fourth-order valence-electron chi connectivity index (χ4n) is 1.40. The zero-order valence-corrected chi connectivity index (χ0v) is 10.9. The summed E-state index contributed by atoms with van der Waals surface area (Å²) in [6.45, 7) is 8.30. The fourth-order valence-corrected chi connectivity index (χ4v) is 2.21. The SMILES string of the molecule is CC(C)c1nnc(SCC(N)=O)n1C(C)C. The van der Waals surface area contributed by atoms with Gasteiger partial charge in [0.1, 0.15) is 5.82 Å². The van der Waals surface area contributed by atoms with Gasteiger partial charge in [-0.2, -0.15) is 0 Å². The minimum absolute atomic E-state index is 0.239. The van der Waals surface area contributed by atoms with E-state index in [9.17, 15) is 4.79 Å². The molecule has 1 amide bonds. The Hall–Kier alpha value is -1.04. The van der Waals surface area contributed by atoms with Gasteiger partial charge >= 0.3 is 0 Å². The molecule has 0 aliphatic heterocycles. The first-order chi connectivity index (χ1) is 7.43. The van der Waals surface area contributed by atoms with Crippen molar-refractivity contribution in [2.24, 2.45) is 5.73 Å². The first kappa shape index (κ1) is 13.0. The highest BCUT2D eigenvalue weighted by Crippen LogP contribution is 2.24. The Balaban J connectivity index is 2.96. The van der Waals surface area contributed by atoms with Crippen LogP contribution in [0.15, 0.2) is 5.16 Å². The average molecular weight is 242 g/mol. The minimum Gasteiger partial charge on any atom is -0.369 e. The molecule has 0 saturated carbocycles. The zero-order chi connectivity index (χ0) is 12.3. The van der Waals surface area contributed by atoms with E-state index in [0.29, 0.717) is 5.92 Å². The number of hydrogen-bond donors (Lipinski definition) is 1. The Labute approximate surface area is 99.8 Å². The number of rotatable bonds is 5. The van der Waals surface area contributed by atoms with Gasteiger partial charge < -0.3 is 10.3 Å². The third kappa shape index (κ3) is 2.98. The molecular formula is C10H18N4OS. The maximum atomic E-state index is 10.7. The minimum atomic E-state index is -0.339. The molecule has 16 heavy (non-hydrogen) atoms. The van der Waals surface area contributed by atoms with Crippen molar-refractivity contribution in [1.29, 1.82) is 0 Å². The first-order valence-electron chi connectivity index (χ1n) is 5.29. The molecule has 1 aromatic heterocycles. The van der Waals surface area contributed by atoms with Gasteiger partial charge in [0.15, 0.2) is 5.16 Å². The molecule has 0 aliphatic carbocycles. The molecule has 6 heteroatoms. The van der Waals surface area contributed by atoms with Crippen molar-refractivity contribution < 1.29 is 4.79 Å². The number of hydrogen-bond acceptors (Lipinski definition) is 4. The van der Waals surface area contributed by atoms with Crippen LogP contribution in [0.4, 0.5) is 0 Å². The monoisotopic (exact) mass is 242 g/mol. The molecule has 5 nitrogen and oxygen atoms in total. The van der Waals surface area contributed by atoms with Crippen LogP contribution < -0.4 is 5.73 Å². The van der Waals surface area contributed by atoms with Crippen molar-refractivity contribution in [2.45, 2.75) is 44.8 Å². The van der Waals surface area contributed by atoms with Gasteiger partial charge in [0, 0.05) is 12.0 Å². The summed E-state index contributed by atoms with van der Waals surface area (Å²) < 4.78 is 2.05. The van der Waals surface area contributed by atoms with Crippen molar-refractivity contribution in [3.8, 4) is 0 Å². The van der Waals surface area contributed by atoms with Gasteiger partial charge in [0.05, 0.1) is 5.75 Å². The smallest absolute Gasteiger partial charge is 0.227 e. The molecule has 1 rings (SSSR count). The number of carbonyl (C=O) groups excluding carboxylic acids is 1. The lowest BCUT2D eigenvalue weighted by Gasteiger charge is -2.14. The van der Waals surface area contributed by atoms with Gasteiger partial charge in [-0.1, -0.05) is 25.6 Å². The Morgan fingerprint density at radius 3 is 2.44 bits per heavy atom. The largest absolute Gasteiger partial charge is 0.369 e. The molecule has 90 valence electrons. The molecule has 0 fully saturated rings. The molecule has 0 aliphatic rings. The van der Waals surface area contributed by atoms with Gasteiger partial charge in [-0.15, -0.1) is 10.2 Å². The Bertz CT molecular complexity index is 373. The molecule has 0 aromatic carbocycles. The highest BCUT2D eigenvalue weighted by molar-refractivity contribution is 7.99. The summed E-state index contributed by atoms with van der Waals surface area (Å²) in [4.78, 5) is 10.7. The van der Waals surface area contributed by atoms with Crippen LogP contribution in [-0.2, 0) is 4.79 Å². The summed E-state index contributed by atoms with van der Waals surface area (Å²) in [5.74, 6) is 1.16. The molecule has 0 bridgehead atoms. The number of amides is 1. The van der Waals surface area contributed by atoms with Crippen molar-refractivity contribution in [3.63, 3.8) is 0 Å². The lowest BCUT2D eigenvalue weighted by molar-refractivity contribution is -0.115. The first-order valence-corrected chi connectivity index (χ1v) is 6.28. The molecule has 2 N–H and O–H groups in total. The van der Waals surface area contributed by atoms with Gasteiger partial charge in [-0.05, 0) is 13.8 Å². The van der Waals surface area contributed by atoms with E-state index < -0.39 is 0 Å². The van der Waals surface area contributed by atoms with Crippen molar-refractivity contribution >= 4 is 17.7 Å². The second kappa shape index (κ2) is 5.34. The predicted octanol–water partition coefficient (Wildman–Crippen LogP) is 1.56. The van der Waals surface area contributed by atoms with E-state index in [1.54, 1.807) is 0 Å². The molecular weight excluding hydrogens is 224 g/mol. The molecule has 0 atom stereocenters. The van der Waals surface area contributed by atoms with E-state index in [2.05, 4.69) is 42.5 Å². The van der Waals surface area contributed by atoms with Crippen molar-refractivity contribution in [3.05, 3.63) is 5.82 Å². The molecule has 0 saturated heterocycles. The summed E-state index contributed by atoms with van der Waals surface area (Å²) in [5.41, 5.74) is 5.12. The predicted molar refractivity (Wildman–Crippen MR) is 64.4 cm³/mol. The Morgan fingerprint density at radius 2 is 2.00 bits per heavy atom. The molecule has 1 aromatic rings. The summed E-state index contributed by atoms with van der Waals surface area (Å²) in [7, 11) is 0. The fraction of sp³-hybridized carbons (Fsp3) is 0.700. The van der Waals surface area contributed by atoms with E-state index in [1.807, 2.05) is 0 Å². The zero-order valence-electron chi connectivity index (χ0n) is 10.1. The molecule has 0 radical (unpaired) electrons. The summed E-state index contributed by atoms with van der Waals surface area (Å²) in [6.07, 6.45) is 0. The third-order valence-electron chi connectivity index (χ3n) is 2.07. The number of primary amides is 1. The van der Waals surface area contributed by atoms with Crippen molar-refractivity contribution in [1.82, 2.24) is 14.8 Å². The second-order valence-electron chi connectivity index (χ2n) is 4.21. The van der Waals surface area contributed by atoms with Gasteiger partial charge in [-0.3, -0.25) is 4.79 Å². The number of thioether (sulfide) groups is 1. The number of aromatic nitrogens is 3. The highest BCUT2D eigenvalue weighted by Gasteiger charge is 2.17. The quantitative estimate of drug-likeness (QED) is 0.795. The number of nitrogens with two attached hydrogens (primary N) is 1. The van der Waals surface area contributed by atoms with Crippen LogP contribution in [-0.4, -0.2) is 26.4 Å². The molecule has 0 spiro atoms. The van der Waals surface area contributed by atoms with Gasteiger partial charge in [0.2, 0.25) is 5.91 Å². The Morgan fingerprint density at radius 1 is 1.38 bits per heavy atom. The number of carbonyl (C=O) groups is 1. The maximum Gasteiger partial charge on any atom is 0.227 e. The van der Waals surface area contributed by atoms with Crippen LogP contribution in [0, 0.1) is 0 Å². The van der Waals surface area contributed by atoms with E-state index in [4.69, 9.17) is 5.73 Å². The summed E-state index contributed by atoms with van der Waals surface area (Å²) in [5, 5.41) is 9.02. The van der Waals surface area contributed by atoms with E-state index >= 15 is 0 Å². The second-order valence-corrected chi connectivity index (χ2v) is 5.16. The third-order valence-corrected chi connectivity index (χ3v) is 3.03. The van der Waals surface area contributed by atoms with Gasteiger partial charge in [0.25, 0.3) is 0 Å². The topological polar surface area (TPSA) is 73.8 Å². The van der Waals surface area contributed by atoms with Crippen LogP contribution in [0.2, 0.25) is 0 Å². The summed E-state index contributed by atoms with van der Waals surface area (Å²) >= 11 is 1.34. The van der Waals surface area contributed by atoms with E-state index in [1.165, 1.54) is 11.8 Å². The standard InChI is InChI=1S/C10H18N4OS/c1-6(2)9-12-13-10(14(9)7(3)4)16-5-8(11)15/h6-7H,5H2,1-4H3,(H2,11,15). The maximum absolute atomic E-state index is 10.7. The lowest BCUT2D eigenvalue weighted by Crippen LogP contribution is -2.14. The van der Waals surface area contributed by atoms with Crippen molar-refractivity contribution in [2.75, 3.05) is 5.75 Å². The van der Waals surface area contributed by atoms with Gasteiger partial charge in [-0.25, -0.2) is 0 Å². The Kier molecular flexibility index (Phi) is 4.35.